The third-order valence-corrected chi connectivity index (χ3v) is 2.40. The van der Waals surface area contributed by atoms with Crippen LogP contribution >= 0.6 is 7.82 Å². The Morgan fingerprint density at radius 1 is 1.46 bits per heavy atom. The molecular formula is C6H11O6P. The van der Waals surface area contributed by atoms with Gasteiger partial charge in [0.25, 0.3) is 0 Å². The first-order chi connectivity index (χ1) is 6.04. The zero-order valence-corrected chi connectivity index (χ0v) is 8.19. The molecule has 1 N–H and O–H groups in total. The monoisotopic (exact) mass is 210 g/mol. The molecule has 0 aliphatic carbocycles. The van der Waals surface area contributed by atoms with Crippen LogP contribution in [-0.2, 0) is 22.9 Å². The lowest BCUT2D eigenvalue weighted by Crippen LogP contribution is -1.95. The SMILES string of the molecule is COP(=O)(OC)OC/C=C\C(=O)O. The molecule has 0 saturated carbocycles. The van der Waals surface area contributed by atoms with E-state index in [1.165, 1.54) is 20.3 Å². The van der Waals surface area contributed by atoms with Crippen molar-refractivity contribution in [2.24, 2.45) is 0 Å². The van der Waals surface area contributed by atoms with Crippen LogP contribution in [0.3, 0.4) is 0 Å². The van der Waals surface area contributed by atoms with E-state index in [1.807, 2.05) is 0 Å². The van der Waals surface area contributed by atoms with E-state index in [9.17, 15) is 9.36 Å². The molecule has 6 nitrogen and oxygen atoms in total. The summed E-state index contributed by atoms with van der Waals surface area (Å²) in [5, 5.41) is 8.18. The fourth-order valence-corrected chi connectivity index (χ4v) is 1.09. The van der Waals surface area contributed by atoms with Crippen molar-refractivity contribution in [2.75, 3.05) is 20.8 Å². The number of aliphatic carboxylic acids is 1. The van der Waals surface area contributed by atoms with Gasteiger partial charge in [0.2, 0.25) is 0 Å². The topological polar surface area (TPSA) is 82.1 Å². The molecular weight excluding hydrogens is 199 g/mol. The summed E-state index contributed by atoms with van der Waals surface area (Å²) in [6.45, 7) is -0.148. The van der Waals surface area contributed by atoms with Gasteiger partial charge in [-0.05, 0) is 0 Å². The second-order valence-corrected chi connectivity index (χ2v) is 3.73. The Hall–Kier alpha value is -0.680. The maximum Gasteiger partial charge on any atom is 0.474 e. The predicted octanol–water partition coefficient (Wildman–Crippen LogP) is 1.04. The van der Waals surface area contributed by atoms with E-state index in [4.69, 9.17) is 5.11 Å². The van der Waals surface area contributed by atoms with E-state index in [-0.39, 0.29) is 6.61 Å². The van der Waals surface area contributed by atoms with E-state index in [0.29, 0.717) is 0 Å². The van der Waals surface area contributed by atoms with Crippen molar-refractivity contribution in [1.82, 2.24) is 0 Å². The minimum absolute atomic E-state index is 0.148. The molecule has 0 aliphatic rings. The summed E-state index contributed by atoms with van der Waals surface area (Å²) < 4.78 is 24.6. The molecule has 0 unspecified atom stereocenters. The van der Waals surface area contributed by atoms with Crippen LogP contribution in [-0.4, -0.2) is 31.9 Å². The first-order valence-corrected chi connectivity index (χ1v) is 4.75. The van der Waals surface area contributed by atoms with E-state index >= 15 is 0 Å². The maximum atomic E-state index is 11.1. The summed E-state index contributed by atoms with van der Waals surface area (Å²) in [6, 6.07) is 0. The van der Waals surface area contributed by atoms with Gasteiger partial charge in [0.05, 0.1) is 6.61 Å². The zero-order valence-electron chi connectivity index (χ0n) is 7.30. The minimum atomic E-state index is -3.49. The summed E-state index contributed by atoms with van der Waals surface area (Å²) in [5.41, 5.74) is 0. The fourth-order valence-electron chi connectivity index (χ4n) is 0.463. The van der Waals surface area contributed by atoms with E-state index in [2.05, 4.69) is 13.6 Å². The van der Waals surface area contributed by atoms with Gasteiger partial charge in [-0.3, -0.25) is 13.6 Å². The second-order valence-electron chi connectivity index (χ2n) is 1.85. The Balaban J connectivity index is 3.87. The van der Waals surface area contributed by atoms with Gasteiger partial charge in [-0.25, -0.2) is 9.36 Å². The molecule has 0 aromatic rings. The fraction of sp³-hybridized carbons (Fsp3) is 0.500. The van der Waals surface area contributed by atoms with E-state index < -0.39 is 13.8 Å². The van der Waals surface area contributed by atoms with Gasteiger partial charge < -0.3 is 5.11 Å². The van der Waals surface area contributed by atoms with Crippen molar-refractivity contribution >= 4 is 13.8 Å². The van der Waals surface area contributed by atoms with Crippen LogP contribution in [0.1, 0.15) is 0 Å². The molecule has 13 heavy (non-hydrogen) atoms. The Labute approximate surface area is 75.7 Å². The van der Waals surface area contributed by atoms with Crippen molar-refractivity contribution in [3.05, 3.63) is 12.2 Å². The van der Waals surface area contributed by atoms with Gasteiger partial charge in [0.1, 0.15) is 0 Å². The molecule has 0 bridgehead atoms. The van der Waals surface area contributed by atoms with Crippen LogP contribution < -0.4 is 0 Å². The molecule has 0 saturated heterocycles. The molecule has 0 amide bonds. The number of carboxylic acids is 1. The van der Waals surface area contributed by atoms with Gasteiger partial charge in [-0.2, -0.15) is 0 Å². The summed E-state index contributed by atoms with van der Waals surface area (Å²) in [7, 11) is -1.14. The highest BCUT2D eigenvalue weighted by Crippen LogP contribution is 2.47. The molecule has 0 fully saturated rings. The predicted molar refractivity (Wildman–Crippen MR) is 44.4 cm³/mol. The number of phosphoric ester groups is 1. The van der Waals surface area contributed by atoms with Gasteiger partial charge in [-0.1, -0.05) is 6.08 Å². The largest absolute Gasteiger partial charge is 0.478 e. The second kappa shape index (κ2) is 5.88. The summed E-state index contributed by atoms with van der Waals surface area (Å²) in [4.78, 5) is 9.99. The number of rotatable bonds is 6. The third kappa shape index (κ3) is 5.54. The average Bonchev–Trinajstić information content (AvgIpc) is 2.12. The van der Waals surface area contributed by atoms with Crippen LogP contribution in [0.2, 0.25) is 0 Å². The Kier molecular flexibility index (Phi) is 5.57. The number of carbonyl (C=O) groups is 1. The number of hydrogen-bond acceptors (Lipinski definition) is 5. The number of carboxylic acid groups (broad SMARTS) is 1. The van der Waals surface area contributed by atoms with Gasteiger partial charge in [-0.15, -0.1) is 0 Å². The van der Waals surface area contributed by atoms with Crippen molar-refractivity contribution in [3.8, 4) is 0 Å². The average molecular weight is 210 g/mol. The van der Waals surface area contributed by atoms with E-state index in [1.54, 1.807) is 0 Å². The normalized spacial score (nSPS) is 12.2. The van der Waals surface area contributed by atoms with Crippen molar-refractivity contribution in [1.29, 1.82) is 0 Å². The molecule has 0 spiro atoms. The molecule has 0 atom stereocenters. The highest BCUT2D eigenvalue weighted by atomic mass is 31.2. The third-order valence-electron chi connectivity index (χ3n) is 1.04. The molecule has 0 radical (unpaired) electrons. The van der Waals surface area contributed by atoms with Gasteiger partial charge in [0.15, 0.2) is 0 Å². The lowest BCUT2D eigenvalue weighted by Gasteiger charge is -2.10. The Bertz CT molecular complexity index is 227. The molecule has 0 rings (SSSR count). The lowest BCUT2D eigenvalue weighted by atomic mass is 10.5. The standard InChI is InChI=1S/C6H11O6P/c1-10-13(9,11-2)12-5-3-4-6(7)8/h3-4H,5H2,1-2H3,(H,7,8)/b4-3-. The smallest absolute Gasteiger partial charge is 0.474 e. The Morgan fingerprint density at radius 3 is 2.38 bits per heavy atom. The highest BCUT2D eigenvalue weighted by Gasteiger charge is 2.21. The first-order valence-electron chi connectivity index (χ1n) is 3.29. The Morgan fingerprint density at radius 2 is 2.00 bits per heavy atom. The molecule has 0 heterocycles. The number of phosphoric acid groups is 1. The lowest BCUT2D eigenvalue weighted by molar-refractivity contribution is -0.131. The summed E-state index contributed by atoms with van der Waals surface area (Å²) >= 11 is 0. The summed E-state index contributed by atoms with van der Waals surface area (Å²) in [5.74, 6) is -1.10. The van der Waals surface area contributed by atoms with Crippen LogP contribution in [0.5, 0.6) is 0 Å². The minimum Gasteiger partial charge on any atom is -0.478 e. The van der Waals surface area contributed by atoms with Crippen LogP contribution in [0.15, 0.2) is 12.2 Å². The highest BCUT2D eigenvalue weighted by molar-refractivity contribution is 7.48. The van der Waals surface area contributed by atoms with Crippen LogP contribution in [0, 0.1) is 0 Å². The quantitative estimate of drug-likeness (QED) is 0.521. The van der Waals surface area contributed by atoms with Crippen LogP contribution in [0.25, 0.3) is 0 Å². The van der Waals surface area contributed by atoms with Gasteiger partial charge >= 0.3 is 13.8 Å². The first kappa shape index (κ1) is 12.3. The van der Waals surface area contributed by atoms with Crippen LogP contribution in [0.4, 0.5) is 0 Å². The van der Waals surface area contributed by atoms with Gasteiger partial charge in [0, 0.05) is 20.3 Å². The molecule has 0 aromatic carbocycles. The van der Waals surface area contributed by atoms with E-state index in [0.717, 1.165) is 6.08 Å². The van der Waals surface area contributed by atoms with Crippen molar-refractivity contribution in [3.63, 3.8) is 0 Å². The van der Waals surface area contributed by atoms with Crippen molar-refractivity contribution in [2.45, 2.75) is 0 Å². The maximum absolute atomic E-state index is 11.1. The summed E-state index contributed by atoms with van der Waals surface area (Å²) in [6.07, 6.45) is 2.06. The zero-order chi connectivity index (χ0) is 10.3. The number of hydrogen-bond donors (Lipinski definition) is 1. The molecule has 0 aromatic heterocycles. The molecule has 76 valence electrons. The van der Waals surface area contributed by atoms with Crippen molar-refractivity contribution < 1.29 is 28.0 Å². The molecule has 7 heteroatoms. The molecule has 0 aliphatic heterocycles.